The van der Waals surface area contributed by atoms with Gasteiger partial charge in [0.2, 0.25) is 11.8 Å². The summed E-state index contributed by atoms with van der Waals surface area (Å²) in [5.74, 6) is 3.17. The molecular weight excluding hydrogens is 483 g/mol. The standard InChI is InChI=1S/C31H39FN2O4/c1-21-4-9-28(38-21)19-33(17-22-5-7-26(32)8-6-22)29(35)20-34(18-27-3-2-10-37-27)30(36)31-14-23-11-24(15-31)13-25(12-23)16-31/h4-9,23-25,27H,2-3,10-20H2,1H3. The number of furan rings is 1. The highest BCUT2D eigenvalue weighted by Crippen LogP contribution is 2.60. The fraction of sp³-hybridized carbons (Fsp3) is 0.613. The Morgan fingerprint density at radius 3 is 2.21 bits per heavy atom. The summed E-state index contributed by atoms with van der Waals surface area (Å²) >= 11 is 0. The second-order valence-electron chi connectivity index (χ2n) is 12.4. The van der Waals surface area contributed by atoms with Crippen LogP contribution in [-0.2, 0) is 27.4 Å². The maximum Gasteiger partial charge on any atom is 0.242 e. The average Bonchev–Trinajstić information content (AvgIpc) is 3.54. The van der Waals surface area contributed by atoms with E-state index in [-0.39, 0.29) is 35.7 Å². The van der Waals surface area contributed by atoms with E-state index in [2.05, 4.69) is 0 Å². The average molecular weight is 523 g/mol. The fourth-order valence-electron chi connectivity index (χ4n) is 8.03. The normalized spacial score (nSPS) is 29.5. The van der Waals surface area contributed by atoms with Crippen molar-refractivity contribution in [1.29, 1.82) is 0 Å². The Balaban J connectivity index is 1.23. The van der Waals surface area contributed by atoms with Crippen molar-refractivity contribution in [2.75, 3.05) is 19.7 Å². The Hall–Kier alpha value is -2.67. The number of ether oxygens (including phenoxy) is 1. The molecule has 0 spiro atoms. The van der Waals surface area contributed by atoms with Crippen LogP contribution in [0.25, 0.3) is 0 Å². The van der Waals surface area contributed by atoms with Crippen LogP contribution >= 0.6 is 0 Å². The predicted octanol–water partition coefficient (Wildman–Crippen LogP) is 5.48. The lowest BCUT2D eigenvalue weighted by molar-refractivity contribution is -0.162. The van der Waals surface area contributed by atoms with Crippen LogP contribution in [-0.4, -0.2) is 47.4 Å². The summed E-state index contributed by atoms with van der Waals surface area (Å²) < 4.78 is 25.3. The number of rotatable bonds is 9. The van der Waals surface area contributed by atoms with Crippen molar-refractivity contribution in [3.8, 4) is 0 Å². The van der Waals surface area contributed by atoms with Crippen molar-refractivity contribution >= 4 is 11.8 Å². The van der Waals surface area contributed by atoms with Crippen LogP contribution in [0.3, 0.4) is 0 Å². The minimum Gasteiger partial charge on any atom is -0.464 e. The van der Waals surface area contributed by atoms with Crippen molar-refractivity contribution in [2.45, 2.75) is 77.5 Å². The summed E-state index contributed by atoms with van der Waals surface area (Å²) in [6.07, 6.45) is 8.62. The van der Waals surface area contributed by atoms with E-state index in [9.17, 15) is 14.0 Å². The van der Waals surface area contributed by atoms with Gasteiger partial charge in [-0.3, -0.25) is 9.59 Å². The fourth-order valence-corrected chi connectivity index (χ4v) is 8.03. The molecule has 2 aromatic rings. The van der Waals surface area contributed by atoms with E-state index in [0.29, 0.717) is 49.8 Å². The Morgan fingerprint density at radius 2 is 1.63 bits per heavy atom. The number of hydrogen-bond acceptors (Lipinski definition) is 4. The van der Waals surface area contributed by atoms with Gasteiger partial charge in [-0.05, 0) is 106 Å². The number of amides is 2. The van der Waals surface area contributed by atoms with Gasteiger partial charge in [0, 0.05) is 19.7 Å². The summed E-state index contributed by atoms with van der Waals surface area (Å²) in [4.78, 5) is 31.8. The van der Waals surface area contributed by atoms with Crippen LogP contribution in [0, 0.1) is 35.9 Å². The van der Waals surface area contributed by atoms with Gasteiger partial charge in [0.05, 0.1) is 24.6 Å². The number of nitrogens with zero attached hydrogens (tertiary/aromatic N) is 2. The molecule has 4 bridgehead atoms. The summed E-state index contributed by atoms with van der Waals surface area (Å²) in [5.41, 5.74) is 0.522. The molecule has 7 heteroatoms. The van der Waals surface area contributed by atoms with Crippen LogP contribution < -0.4 is 0 Å². The number of halogens is 1. The first kappa shape index (κ1) is 25.6. The van der Waals surface area contributed by atoms with Crippen molar-refractivity contribution in [2.24, 2.45) is 23.2 Å². The third kappa shape index (κ3) is 5.40. The largest absolute Gasteiger partial charge is 0.464 e. The zero-order valence-corrected chi connectivity index (χ0v) is 22.4. The zero-order valence-electron chi connectivity index (χ0n) is 22.4. The molecule has 4 aliphatic carbocycles. The molecule has 0 N–H and O–H groups in total. The number of benzene rings is 1. The van der Waals surface area contributed by atoms with E-state index in [1.165, 1.54) is 31.4 Å². The molecule has 1 aromatic heterocycles. The summed E-state index contributed by atoms with van der Waals surface area (Å²) in [5, 5.41) is 0. The van der Waals surface area contributed by atoms with Crippen molar-refractivity contribution in [3.63, 3.8) is 0 Å². The first-order chi connectivity index (χ1) is 18.3. The SMILES string of the molecule is Cc1ccc(CN(Cc2ccc(F)cc2)C(=O)CN(CC2CCCO2)C(=O)C23CC4CC(CC(C4)C2)C3)o1. The topological polar surface area (TPSA) is 63.0 Å². The lowest BCUT2D eigenvalue weighted by Gasteiger charge is -2.56. The van der Waals surface area contributed by atoms with Crippen molar-refractivity contribution in [1.82, 2.24) is 9.80 Å². The Labute approximate surface area is 224 Å². The molecule has 1 saturated heterocycles. The molecule has 2 heterocycles. The first-order valence-corrected chi connectivity index (χ1v) is 14.3. The maximum atomic E-state index is 14.3. The molecule has 38 heavy (non-hydrogen) atoms. The zero-order chi connectivity index (χ0) is 26.3. The Kier molecular flexibility index (Phi) is 7.06. The van der Waals surface area contributed by atoms with Gasteiger partial charge in [0.1, 0.15) is 17.3 Å². The third-order valence-corrected chi connectivity index (χ3v) is 9.34. The highest BCUT2D eigenvalue weighted by molar-refractivity contribution is 5.88. The number of carbonyl (C=O) groups is 2. The van der Waals surface area contributed by atoms with Gasteiger partial charge in [0.15, 0.2) is 0 Å². The minimum absolute atomic E-state index is 0.0149. The second-order valence-corrected chi connectivity index (χ2v) is 12.4. The molecule has 2 amide bonds. The first-order valence-electron chi connectivity index (χ1n) is 14.3. The highest BCUT2D eigenvalue weighted by atomic mass is 19.1. The van der Waals surface area contributed by atoms with Gasteiger partial charge in [-0.1, -0.05) is 12.1 Å². The van der Waals surface area contributed by atoms with E-state index in [4.69, 9.17) is 9.15 Å². The van der Waals surface area contributed by atoms with Gasteiger partial charge in [-0.2, -0.15) is 0 Å². The number of carbonyl (C=O) groups excluding carboxylic acids is 2. The van der Waals surface area contributed by atoms with E-state index in [0.717, 1.165) is 43.4 Å². The number of aryl methyl sites for hydroxylation is 1. The van der Waals surface area contributed by atoms with Gasteiger partial charge in [0.25, 0.3) is 0 Å². The van der Waals surface area contributed by atoms with Gasteiger partial charge >= 0.3 is 0 Å². The molecule has 0 radical (unpaired) electrons. The smallest absolute Gasteiger partial charge is 0.242 e. The third-order valence-electron chi connectivity index (χ3n) is 9.34. The van der Waals surface area contributed by atoms with Crippen LogP contribution in [0.5, 0.6) is 0 Å². The van der Waals surface area contributed by atoms with E-state index < -0.39 is 0 Å². The molecule has 1 atom stereocenters. The molecule has 4 saturated carbocycles. The lowest BCUT2D eigenvalue weighted by Crippen LogP contribution is -2.57. The van der Waals surface area contributed by atoms with E-state index in [1.807, 2.05) is 24.0 Å². The van der Waals surface area contributed by atoms with Crippen LogP contribution in [0.4, 0.5) is 4.39 Å². The molecule has 204 valence electrons. The van der Waals surface area contributed by atoms with Crippen LogP contribution in [0.2, 0.25) is 0 Å². The van der Waals surface area contributed by atoms with Crippen LogP contribution in [0.15, 0.2) is 40.8 Å². The highest BCUT2D eigenvalue weighted by Gasteiger charge is 2.56. The maximum absolute atomic E-state index is 14.3. The van der Waals surface area contributed by atoms with Crippen LogP contribution in [0.1, 0.15) is 68.5 Å². The molecule has 5 aliphatic rings. The van der Waals surface area contributed by atoms with Crippen molar-refractivity contribution < 1.29 is 23.1 Å². The van der Waals surface area contributed by atoms with E-state index >= 15 is 0 Å². The van der Waals surface area contributed by atoms with E-state index in [1.54, 1.807) is 17.0 Å². The Bertz CT molecular complexity index is 1120. The molecule has 1 aliphatic heterocycles. The Morgan fingerprint density at radius 1 is 0.947 bits per heavy atom. The second kappa shape index (κ2) is 10.5. The van der Waals surface area contributed by atoms with Gasteiger partial charge < -0.3 is 19.0 Å². The molecule has 5 fully saturated rings. The predicted molar refractivity (Wildman–Crippen MR) is 140 cm³/mol. The van der Waals surface area contributed by atoms with Gasteiger partial charge in [-0.15, -0.1) is 0 Å². The van der Waals surface area contributed by atoms with Crippen molar-refractivity contribution in [3.05, 3.63) is 59.3 Å². The molecular formula is C31H39FN2O4. The quantitative estimate of drug-likeness (QED) is 0.438. The monoisotopic (exact) mass is 522 g/mol. The minimum atomic E-state index is -0.312. The molecule has 1 unspecified atom stereocenters. The molecule has 6 nitrogen and oxygen atoms in total. The molecule has 7 rings (SSSR count). The summed E-state index contributed by atoms with van der Waals surface area (Å²) in [6, 6.07) is 9.99. The summed E-state index contributed by atoms with van der Waals surface area (Å²) in [6.45, 7) is 3.70. The van der Waals surface area contributed by atoms with Gasteiger partial charge in [-0.25, -0.2) is 4.39 Å². The molecule has 1 aromatic carbocycles. The summed E-state index contributed by atoms with van der Waals surface area (Å²) in [7, 11) is 0. The lowest BCUT2D eigenvalue weighted by atomic mass is 9.49. The number of hydrogen-bond donors (Lipinski definition) is 0.